The van der Waals surface area contributed by atoms with E-state index in [0.717, 1.165) is 0 Å². The molecule has 1 N–H and O–H groups in total. The highest BCUT2D eigenvalue weighted by Crippen LogP contribution is 2.14. The van der Waals surface area contributed by atoms with Gasteiger partial charge in [-0.2, -0.15) is 13.2 Å². The van der Waals surface area contributed by atoms with Crippen LogP contribution in [0.2, 0.25) is 0 Å². The van der Waals surface area contributed by atoms with E-state index in [1.165, 1.54) is 0 Å². The highest BCUT2D eigenvalue weighted by Gasteiger charge is 2.27. The fourth-order valence-electron chi connectivity index (χ4n) is 1.04. The maximum atomic E-state index is 11.7. The van der Waals surface area contributed by atoms with Gasteiger partial charge in [-0.15, -0.1) is 0 Å². The highest BCUT2D eigenvalue weighted by molar-refractivity contribution is 5.80. The number of carbonyl (C=O) groups excluding carboxylic acids is 1. The molecule has 4 nitrogen and oxygen atoms in total. The first kappa shape index (κ1) is 16.2. The van der Waals surface area contributed by atoms with Gasteiger partial charge in [0.1, 0.15) is 12.7 Å². The number of ether oxygens (including phenoxy) is 2. The van der Waals surface area contributed by atoms with Crippen molar-refractivity contribution in [3.8, 4) is 0 Å². The molecule has 7 heteroatoms. The third kappa shape index (κ3) is 10.1. The molecule has 0 aliphatic carbocycles. The number of hydrogen-bond donors (Lipinski definition) is 1. The Morgan fingerprint density at radius 3 is 2.59 bits per heavy atom. The summed E-state index contributed by atoms with van der Waals surface area (Å²) in [6, 6.07) is 0. The number of hydrogen-bond acceptors (Lipinski definition) is 3. The molecule has 1 atom stereocenters. The van der Waals surface area contributed by atoms with E-state index < -0.39 is 18.9 Å². The van der Waals surface area contributed by atoms with Gasteiger partial charge in [-0.05, 0) is 20.3 Å². The molecule has 1 amide bonds. The number of alkyl halides is 3. The summed E-state index contributed by atoms with van der Waals surface area (Å²) >= 11 is 0. The van der Waals surface area contributed by atoms with Crippen molar-refractivity contribution in [2.75, 3.05) is 26.4 Å². The molecule has 0 bridgehead atoms. The molecule has 0 saturated carbocycles. The van der Waals surface area contributed by atoms with Gasteiger partial charge in [0.25, 0.3) is 0 Å². The van der Waals surface area contributed by atoms with E-state index >= 15 is 0 Å². The maximum Gasteiger partial charge on any atom is 0.411 e. The first-order valence-electron chi connectivity index (χ1n) is 5.40. The van der Waals surface area contributed by atoms with Gasteiger partial charge in [-0.3, -0.25) is 4.79 Å². The smallest absolute Gasteiger partial charge is 0.372 e. The molecule has 0 aromatic rings. The van der Waals surface area contributed by atoms with Crippen LogP contribution in [-0.4, -0.2) is 44.6 Å². The molecule has 0 saturated heterocycles. The molecular weight excluding hydrogens is 239 g/mol. The monoisotopic (exact) mass is 257 g/mol. The Kier molecular flexibility index (Phi) is 7.90. The molecule has 1 unspecified atom stereocenters. The summed E-state index contributed by atoms with van der Waals surface area (Å²) in [6.45, 7) is 2.80. The number of rotatable bonds is 8. The van der Waals surface area contributed by atoms with Crippen molar-refractivity contribution in [3.63, 3.8) is 0 Å². The Balaban J connectivity index is 3.42. The van der Waals surface area contributed by atoms with Crippen LogP contribution in [0.4, 0.5) is 13.2 Å². The van der Waals surface area contributed by atoms with Crippen LogP contribution in [-0.2, 0) is 14.3 Å². The fraction of sp³-hybridized carbons (Fsp3) is 0.900. The van der Waals surface area contributed by atoms with Crippen LogP contribution in [0.3, 0.4) is 0 Å². The summed E-state index contributed by atoms with van der Waals surface area (Å²) in [4.78, 5) is 11.3. The zero-order valence-corrected chi connectivity index (χ0v) is 9.97. The lowest BCUT2D eigenvalue weighted by Gasteiger charge is -2.12. The SMILES string of the molecule is CCOC(C)C(=O)NCCCOCC(F)(F)F. The zero-order chi connectivity index (χ0) is 13.3. The van der Waals surface area contributed by atoms with Crippen LogP contribution in [0, 0.1) is 0 Å². The molecule has 17 heavy (non-hydrogen) atoms. The van der Waals surface area contributed by atoms with Crippen molar-refractivity contribution in [1.82, 2.24) is 5.32 Å². The van der Waals surface area contributed by atoms with Crippen molar-refractivity contribution in [2.24, 2.45) is 0 Å². The Labute approximate surface area is 98.5 Å². The van der Waals surface area contributed by atoms with Gasteiger partial charge in [-0.1, -0.05) is 0 Å². The topological polar surface area (TPSA) is 47.6 Å². The first-order valence-corrected chi connectivity index (χ1v) is 5.40. The van der Waals surface area contributed by atoms with Gasteiger partial charge in [0.2, 0.25) is 5.91 Å². The molecule has 0 rings (SSSR count). The maximum absolute atomic E-state index is 11.7. The largest absolute Gasteiger partial charge is 0.411 e. The highest BCUT2D eigenvalue weighted by atomic mass is 19.4. The average Bonchev–Trinajstić information content (AvgIpc) is 2.21. The van der Waals surface area contributed by atoms with Crippen LogP contribution >= 0.6 is 0 Å². The Bertz CT molecular complexity index is 221. The molecule has 0 fully saturated rings. The molecular formula is C10H18F3NO3. The number of carbonyl (C=O) groups is 1. The molecule has 0 spiro atoms. The molecule has 0 aromatic heterocycles. The van der Waals surface area contributed by atoms with E-state index in [1.807, 2.05) is 0 Å². The van der Waals surface area contributed by atoms with E-state index in [-0.39, 0.29) is 19.1 Å². The van der Waals surface area contributed by atoms with Crippen molar-refractivity contribution in [2.45, 2.75) is 32.5 Å². The van der Waals surface area contributed by atoms with Gasteiger partial charge in [0.05, 0.1) is 0 Å². The predicted octanol–water partition coefficient (Wildman–Crippen LogP) is 1.50. The van der Waals surface area contributed by atoms with Crippen LogP contribution in [0.1, 0.15) is 20.3 Å². The second-order valence-electron chi connectivity index (χ2n) is 3.41. The summed E-state index contributed by atoms with van der Waals surface area (Å²) in [5.41, 5.74) is 0. The van der Waals surface area contributed by atoms with Crippen molar-refractivity contribution >= 4 is 5.91 Å². The molecule has 102 valence electrons. The minimum atomic E-state index is -4.30. The third-order valence-corrected chi connectivity index (χ3v) is 1.82. The van der Waals surface area contributed by atoms with Gasteiger partial charge >= 0.3 is 6.18 Å². The fourth-order valence-corrected chi connectivity index (χ4v) is 1.04. The summed E-state index contributed by atoms with van der Waals surface area (Å²) in [5.74, 6) is -0.275. The lowest BCUT2D eigenvalue weighted by Crippen LogP contribution is -2.35. The summed E-state index contributed by atoms with van der Waals surface area (Å²) in [6.07, 6.45) is -4.51. The van der Waals surface area contributed by atoms with Gasteiger partial charge < -0.3 is 14.8 Å². The minimum absolute atomic E-state index is 0.0389. The van der Waals surface area contributed by atoms with Crippen molar-refractivity contribution in [3.05, 3.63) is 0 Å². The van der Waals surface area contributed by atoms with Crippen LogP contribution in [0.5, 0.6) is 0 Å². The Morgan fingerprint density at radius 1 is 1.41 bits per heavy atom. The second-order valence-corrected chi connectivity index (χ2v) is 3.41. The molecule has 0 aliphatic rings. The van der Waals surface area contributed by atoms with Crippen molar-refractivity contribution < 1.29 is 27.4 Å². The minimum Gasteiger partial charge on any atom is -0.372 e. The average molecular weight is 257 g/mol. The lowest BCUT2D eigenvalue weighted by molar-refractivity contribution is -0.174. The Hall–Kier alpha value is -0.820. The summed E-state index contributed by atoms with van der Waals surface area (Å²) < 4.78 is 44.4. The molecule has 0 radical (unpaired) electrons. The number of amides is 1. The van der Waals surface area contributed by atoms with E-state index in [1.54, 1.807) is 13.8 Å². The van der Waals surface area contributed by atoms with Crippen molar-refractivity contribution in [1.29, 1.82) is 0 Å². The van der Waals surface area contributed by atoms with Gasteiger partial charge in [-0.25, -0.2) is 0 Å². The second kappa shape index (κ2) is 8.30. The zero-order valence-electron chi connectivity index (χ0n) is 9.97. The van der Waals surface area contributed by atoms with E-state index in [9.17, 15) is 18.0 Å². The standard InChI is InChI=1S/C10H18F3NO3/c1-3-17-8(2)9(15)14-5-4-6-16-7-10(11,12)13/h8H,3-7H2,1-2H3,(H,14,15). The number of nitrogens with one attached hydrogen (secondary N) is 1. The molecule has 0 aliphatic heterocycles. The van der Waals surface area contributed by atoms with E-state index in [4.69, 9.17) is 4.74 Å². The normalized spacial score (nSPS) is 13.5. The summed E-state index contributed by atoms with van der Waals surface area (Å²) in [7, 11) is 0. The predicted molar refractivity (Wildman–Crippen MR) is 55.6 cm³/mol. The first-order chi connectivity index (χ1) is 7.87. The van der Waals surface area contributed by atoms with E-state index in [0.29, 0.717) is 13.0 Å². The van der Waals surface area contributed by atoms with Crippen LogP contribution in [0.25, 0.3) is 0 Å². The van der Waals surface area contributed by atoms with Crippen LogP contribution in [0.15, 0.2) is 0 Å². The molecule has 0 aromatic carbocycles. The van der Waals surface area contributed by atoms with Gasteiger partial charge in [0.15, 0.2) is 0 Å². The third-order valence-electron chi connectivity index (χ3n) is 1.82. The van der Waals surface area contributed by atoms with E-state index in [2.05, 4.69) is 10.1 Å². The molecule has 0 heterocycles. The Morgan fingerprint density at radius 2 is 2.06 bits per heavy atom. The quantitative estimate of drug-likeness (QED) is 0.670. The lowest BCUT2D eigenvalue weighted by atomic mass is 10.3. The summed E-state index contributed by atoms with van der Waals surface area (Å²) in [5, 5.41) is 2.54. The van der Waals surface area contributed by atoms with Gasteiger partial charge in [0, 0.05) is 19.8 Å². The number of halogens is 3. The van der Waals surface area contributed by atoms with Crippen LogP contribution < -0.4 is 5.32 Å².